The van der Waals surface area contributed by atoms with Gasteiger partial charge in [0.15, 0.2) is 5.76 Å². The number of para-hydroxylation sites is 1. The van der Waals surface area contributed by atoms with E-state index < -0.39 is 5.91 Å². The van der Waals surface area contributed by atoms with Gasteiger partial charge in [-0.25, -0.2) is 5.48 Å². The third kappa shape index (κ3) is 5.52. The number of furan rings is 1. The second kappa shape index (κ2) is 9.99. The van der Waals surface area contributed by atoms with Crippen LogP contribution >= 0.6 is 11.8 Å². The Morgan fingerprint density at radius 2 is 1.90 bits per heavy atom. The van der Waals surface area contributed by atoms with E-state index in [0.29, 0.717) is 29.3 Å². The highest BCUT2D eigenvalue weighted by atomic mass is 32.2. The van der Waals surface area contributed by atoms with Crippen LogP contribution in [0, 0.1) is 0 Å². The van der Waals surface area contributed by atoms with Crippen molar-refractivity contribution in [1.82, 2.24) is 10.8 Å². The van der Waals surface area contributed by atoms with Gasteiger partial charge in [0.25, 0.3) is 11.8 Å². The van der Waals surface area contributed by atoms with Crippen molar-refractivity contribution >= 4 is 34.5 Å². The average Bonchev–Trinajstić information content (AvgIpc) is 3.20. The predicted molar refractivity (Wildman–Crippen MR) is 111 cm³/mol. The molecule has 0 fully saturated rings. The van der Waals surface area contributed by atoms with Gasteiger partial charge in [-0.15, -0.1) is 11.8 Å². The van der Waals surface area contributed by atoms with E-state index in [4.69, 9.17) is 14.4 Å². The summed E-state index contributed by atoms with van der Waals surface area (Å²) in [7, 11) is 0. The largest absolute Gasteiger partial charge is 0.494 e. The standard InChI is InChI=1S/C21H22N2O5S/c1-29-19(22-21(25)18-13-15-5-2-3-6-17(15)28-18)7-4-12-27-16-10-8-14(9-11-16)20(24)23-26/h2-3,5-6,8-11,13,19,26H,4,7,12H2,1H3,(H,22,25)(H,23,24). The average molecular weight is 414 g/mol. The Labute approximate surface area is 172 Å². The molecule has 3 aromatic rings. The van der Waals surface area contributed by atoms with Gasteiger partial charge in [0.05, 0.1) is 12.0 Å². The van der Waals surface area contributed by atoms with E-state index in [1.807, 2.05) is 30.5 Å². The smallest absolute Gasteiger partial charge is 0.287 e. The Morgan fingerprint density at radius 1 is 1.14 bits per heavy atom. The highest BCUT2D eigenvalue weighted by Crippen LogP contribution is 2.20. The molecule has 8 heteroatoms. The monoisotopic (exact) mass is 414 g/mol. The number of hydrogen-bond donors (Lipinski definition) is 3. The molecule has 0 bridgehead atoms. The number of fused-ring (bicyclic) bond motifs is 1. The van der Waals surface area contributed by atoms with Gasteiger partial charge >= 0.3 is 0 Å². The Balaban J connectivity index is 1.45. The summed E-state index contributed by atoms with van der Waals surface area (Å²) in [5.74, 6) is 0.124. The first-order valence-electron chi connectivity index (χ1n) is 9.10. The van der Waals surface area contributed by atoms with E-state index in [0.717, 1.165) is 18.2 Å². The SMILES string of the molecule is CSC(CCCOc1ccc(C(=O)NO)cc1)NC(=O)c1cc2ccccc2o1. The molecule has 2 aromatic carbocycles. The van der Waals surface area contributed by atoms with Gasteiger partial charge in [-0.05, 0) is 55.5 Å². The lowest BCUT2D eigenvalue weighted by Gasteiger charge is -2.16. The van der Waals surface area contributed by atoms with E-state index in [2.05, 4.69) is 5.32 Å². The zero-order valence-corrected chi connectivity index (χ0v) is 16.7. The first-order valence-corrected chi connectivity index (χ1v) is 10.4. The van der Waals surface area contributed by atoms with Gasteiger partial charge < -0.3 is 14.5 Å². The Hall–Kier alpha value is -2.97. The van der Waals surface area contributed by atoms with E-state index in [-0.39, 0.29) is 11.3 Å². The minimum atomic E-state index is -0.570. The summed E-state index contributed by atoms with van der Waals surface area (Å²) in [6, 6.07) is 15.7. The number of hydrogen-bond acceptors (Lipinski definition) is 6. The zero-order chi connectivity index (χ0) is 20.6. The maximum atomic E-state index is 12.4. The van der Waals surface area contributed by atoms with Crippen LogP contribution in [0.3, 0.4) is 0 Å². The van der Waals surface area contributed by atoms with Crippen molar-refractivity contribution in [3.8, 4) is 5.75 Å². The lowest BCUT2D eigenvalue weighted by atomic mass is 10.2. The third-order valence-corrected chi connectivity index (χ3v) is 5.25. The lowest BCUT2D eigenvalue weighted by molar-refractivity contribution is 0.0706. The van der Waals surface area contributed by atoms with Crippen molar-refractivity contribution in [2.75, 3.05) is 12.9 Å². The molecule has 7 nitrogen and oxygen atoms in total. The summed E-state index contributed by atoms with van der Waals surface area (Å²) < 4.78 is 11.3. The second-order valence-corrected chi connectivity index (χ2v) is 7.34. The van der Waals surface area contributed by atoms with Gasteiger partial charge in [0.1, 0.15) is 11.3 Å². The summed E-state index contributed by atoms with van der Waals surface area (Å²) in [6.07, 6.45) is 3.41. The molecule has 0 aliphatic heterocycles. The van der Waals surface area contributed by atoms with Crippen molar-refractivity contribution in [2.45, 2.75) is 18.2 Å². The fourth-order valence-electron chi connectivity index (χ4n) is 2.79. The molecule has 1 heterocycles. The van der Waals surface area contributed by atoms with Crippen LogP contribution in [0.1, 0.15) is 33.8 Å². The molecule has 3 rings (SSSR count). The minimum absolute atomic E-state index is 0.0602. The Kier molecular flexibility index (Phi) is 7.15. The molecular weight excluding hydrogens is 392 g/mol. The fraction of sp³-hybridized carbons (Fsp3) is 0.238. The van der Waals surface area contributed by atoms with Crippen molar-refractivity contribution in [2.24, 2.45) is 0 Å². The molecule has 0 aliphatic carbocycles. The van der Waals surface area contributed by atoms with Crippen molar-refractivity contribution in [3.05, 3.63) is 65.9 Å². The summed E-state index contributed by atoms with van der Waals surface area (Å²) in [4.78, 5) is 23.7. The Morgan fingerprint density at radius 3 is 2.59 bits per heavy atom. The number of thioether (sulfide) groups is 1. The van der Waals surface area contributed by atoms with Gasteiger partial charge in [0.2, 0.25) is 0 Å². The topological polar surface area (TPSA) is 101 Å². The van der Waals surface area contributed by atoms with Crippen LogP contribution in [-0.2, 0) is 0 Å². The highest BCUT2D eigenvalue weighted by Gasteiger charge is 2.16. The van der Waals surface area contributed by atoms with Crippen LogP contribution in [0.25, 0.3) is 11.0 Å². The number of nitrogens with one attached hydrogen (secondary N) is 2. The number of carbonyl (C=O) groups is 2. The molecule has 0 saturated heterocycles. The number of carbonyl (C=O) groups excluding carboxylic acids is 2. The molecular formula is C21H22N2O5S. The van der Waals surface area contributed by atoms with Crippen LogP contribution in [-0.4, -0.2) is 35.3 Å². The maximum absolute atomic E-state index is 12.4. The fourth-order valence-corrected chi connectivity index (χ4v) is 3.41. The van der Waals surface area contributed by atoms with Crippen molar-refractivity contribution < 1.29 is 24.0 Å². The summed E-state index contributed by atoms with van der Waals surface area (Å²) in [5.41, 5.74) is 2.62. The molecule has 152 valence electrons. The quantitative estimate of drug-likeness (QED) is 0.213. The predicted octanol–water partition coefficient (Wildman–Crippen LogP) is 3.83. The molecule has 3 N–H and O–H groups in total. The number of rotatable bonds is 9. The van der Waals surface area contributed by atoms with E-state index in [1.54, 1.807) is 47.6 Å². The summed E-state index contributed by atoms with van der Waals surface area (Å²) in [5, 5.41) is 12.4. The molecule has 2 amide bonds. The summed E-state index contributed by atoms with van der Waals surface area (Å²) >= 11 is 1.56. The van der Waals surface area contributed by atoms with Gasteiger partial charge in [-0.2, -0.15) is 0 Å². The Bertz CT molecular complexity index is 938. The van der Waals surface area contributed by atoms with Gasteiger partial charge in [0, 0.05) is 10.9 Å². The maximum Gasteiger partial charge on any atom is 0.287 e. The lowest BCUT2D eigenvalue weighted by Crippen LogP contribution is -2.32. The van der Waals surface area contributed by atoms with Gasteiger partial charge in [-0.3, -0.25) is 14.8 Å². The first-order chi connectivity index (χ1) is 14.1. The number of amides is 2. The highest BCUT2D eigenvalue weighted by molar-refractivity contribution is 7.99. The van der Waals surface area contributed by atoms with Gasteiger partial charge in [-0.1, -0.05) is 18.2 Å². The van der Waals surface area contributed by atoms with Crippen LogP contribution in [0.15, 0.2) is 59.0 Å². The van der Waals surface area contributed by atoms with E-state index in [1.165, 1.54) is 0 Å². The zero-order valence-electron chi connectivity index (χ0n) is 15.9. The number of benzene rings is 2. The van der Waals surface area contributed by atoms with Crippen LogP contribution in [0.5, 0.6) is 5.75 Å². The van der Waals surface area contributed by atoms with Crippen LogP contribution in [0.2, 0.25) is 0 Å². The molecule has 0 saturated carbocycles. The molecule has 1 unspecified atom stereocenters. The van der Waals surface area contributed by atoms with Crippen LogP contribution < -0.4 is 15.5 Å². The molecule has 29 heavy (non-hydrogen) atoms. The third-order valence-electron chi connectivity index (χ3n) is 4.32. The number of hydroxylamine groups is 1. The first kappa shape index (κ1) is 20.8. The molecule has 1 atom stereocenters. The summed E-state index contributed by atoms with van der Waals surface area (Å²) in [6.45, 7) is 0.475. The molecule has 0 radical (unpaired) electrons. The normalized spacial score (nSPS) is 11.8. The molecule has 1 aromatic heterocycles. The van der Waals surface area contributed by atoms with E-state index in [9.17, 15) is 9.59 Å². The molecule has 0 aliphatic rings. The number of ether oxygens (including phenoxy) is 1. The molecule has 0 spiro atoms. The van der Waals surface area contributed by atoms with E-state index >= 15 is 0 Å². The van der Waals surface area contributed by atoms with Crippen LogP contribution in [0.4, 0.5) is 0 Å². The second-order valence-electron chi connectivity index (χ2n) is 6.30. The van der Waals surface area contributed by atoms with Crippen molar-refractivity contribution in [1.29, 1.82) is 0 Å². The van der Waals surface area contributed by atoms with Crippen molar-refractivity contribution in [3.63, 3.8) is 0 Å². The minimum Gasteiger partial charge on any atom is -0.494 e.